The van der Waals surface area contributed by atoms with E-state index >= 15 is 0 Å². The van der Waals surface area contributed by atoms with Crippen LogP contribution in [0.1, 0.15) is 38.1 Å². The maximum Gasteiger partial charge on any atom is 0.188 e. The van der Waals surface area contributed by atoms with Gasteiger partial charge < -0.3 is 10.5 Å². The highest BCUT2D eigenvalue weighted by Gasteiger charge is 2.23. The lowest BCUT2D eigenvalue weighted by atomic mass is 9.95. The minimum absolute atomic E-state index is 0.359. The third kappa shape index (κ3) is 2.21. The summed E-state index contributed by atoms with van der Waals surface area (Å²) in [6, 6.07) is 5.95. The van der Waals surface area contributed by atoms with Crippen LogP contribution in [0.25, 0.3) is 11.4 Å². The van der Waals surface area contributed by atoms with E-state index in [0.717, 1.165) is 18.4 Å². The predicted octanol–water partition coefficient (Wildman–Crippen LogP) is 2.44. The maximum atomic E-state index is 6.10. The summed E-state index contributed by atoms with van der Waals surface area (Å²) >= 11 is 0. The molecule has 1 aliphatic carbocycles. The van der Waals surface area contributed by atoms with E-state index in [-0.39, 0.29) is 0 Å². The van der Waals surface area contributed by atoms with E-state index in [9.17, 15) is 0 Å². The fourth-order valence-corrected chi connectivity index (χ4v) is 2.89. The van der Waals surface area contributed by atoms with Crippen molar-refractivity contribution in [2.75, 3.05) is 12.8 Å². The van der Waals surface area contributed by atoms with Crippen LogP contribution in [-0.4, -0.2) is 27.3 Å². The van der Waals surface area contributed by atoms with Crippen LogP contribution in [0.4, 0.5) is 5.69 Å². The monoisotopic (exact) mass is 273 g/mol. The summed E-state index contributed by atoms with van der Waals surface area (Å²) in [6.07, 6.45) is 5.99. The SMILES string of the molecule is COc1cccc(N)c1-c1nnnn1C1CCCCC1. The molecule has 1 saturated carbocycles. The molecule has 20 heavy (non-hydrogen) atoms. The standard InChI is InChI=1S/C14H19N5O/c1-20-12-9-5-8-11(15)13(12)14-16-17-18-19(14)10-6-3-2-4-7-10/h5,8-10H,2-4,6-7,15H2,1H3. The number of ether oxygens (including phenoxy) is 1. The number of hydrogen-bond donors (Lipinski definition) is 1. The van der Waals surface area contributed by atoms with Crippen LogP contribution in [0.5, 0.6) is 5.75 Å². The second kappa shape index (κ2) is 5.48. The van der Waals surface area contributed by atoms with E-state index in [1.165, 1.54) is 19.3 Å². The molecule has 0 unspecified atom stereocenters. The number of aromatic nitrogens is 4. The summed E-state index contributed by atoms with van der Waals surface area (Å²) in [5.41, 5.74) is 7.52. The number of nitrogens with zero attached hydrogens (tertiary/aromatic N) is 4. The highest BCUT2D eigenvalue weighted by molar-refractivity contribution is 5.77. The second-order valence-electron chi connectivity index (χ2n) is 5.16. The Hall–Kier alpha value is -2.11. The number of nitrogens with two attached hydrogens (primary N) is 1. The zero-order chi connectivity index (χ0) is 13.9. The van der Waals surface area contributed by atoms with Crippen molar-refractivity contribution in [3.8, 4) is 17.1 Å². The maximum absolute atomic E-state index is 6.10. The van der Waals surface area contributed by atoms with E-state index in [4.69, 9.17) is 10.5 Å². The Bertz CT molecular complexity index is 589. The molecule has 0 amide bonds. The first-order valence-corrected chi connectivity index (χ1v) is 7.02. The van der Waals surface area contributed by atoms with Crippen LogP contribution in [0.2, 0.25) is 0 Å². The molecule has 2 aromatic rings. The van der Waals surface area contributed by atoms with Gasteiger partial charge in [-0.1, -0.05) is 25.3 Å². The lowest BCUT2D eigenvalue weighted by molar-refractivity contribution is 0.326. The highest BCUT2D eigenvalue weighted by atomic mass is 16.5. The van der Waals surface area contributed by atoms with E-state index < -0.39 is 0 Å². The first kappa shape index (κ1) is 12.9. The van der Waals surface area contributed by atoms with Crippen LogP contribution in [0.15, 0.2) is 18.2 Å². The van der Waals surface area contributed by atoms with Gasteiger partial charge in [0.15, 0.2) is 5.82 Å². The van der Waals surface area contributed by atoms with Gasteiger partial charge >= 0.3 is 0 Å². The molecule has 1 aromatic carbocycles. The van der Waals surface area contributed by atoms with Gasteiger partial charge in [0.2, 0.25) is 0 Å². The van der Waals surface area contributed by atoms with Gasteiger partial charge in [0.25, 0.3) is 0 Å². The molecule has 0 saturated heterocycles. The lowest BCUT2D eigenvalue weighted by Crippen LogP contribution is -2.16. The van der Waals surface area contributed by atoms with Crippen LogP contribution >= 0.6 is 0 Å². The summed E-state index contributed by atoms with van der Waals surface area (Å²) in [5, 5.41) is 12.2. The molecule has 1 aromatic heterocycles. The van der Waals surface area contributed by atoms with Gasteiger partial charge in [-0.2, -0.15) is 0 Å². The van der Waals surface area contributed by atoms with E-state index in [1.807, 2.05) is 22.9 Å². The molecule has 6 heteroatoms. The van der Waals surface area contributed by atoms with Gasteiger partial charge in [0.1, 0.15) is 5.75 Å². The Balaban J connectivity index is 2.05. The number of tetrazole rings is 1. The zero-order valence-corrected chi connectivity index (χ0v) is 11.6. The number of methoxy groups -OCH3 is 1. The lowest BCUT2D eigenvalue weighted by Gasteiger charge is -2.22. The molecule has 0 radical (unpaired) electrons. The summed E-state index contributed by atoms with van der Waals surface area (Å²) in [6.45, 7) is 0. The summed E-state index contributed by atoms with van der Waals surface area (Å²) < 4.78 is 7.31. The fourth-order valence-electron chi connectivity index (χ4n) is 2.89. The van der Waals surface area contributed by atoms with Crippen molar-refractivity contribution in [1.29, 1.82) is 0 Å². The predicted molar refractivity (Wildman–Crippen MR) is 76.3 cm³/mol. The van der Waals surface area contributed by atoms with Crippen molar-refractivity contribution in [1.82, 2.24) is 20.2 Å². The van der Waals surface area contributed by atoms with Crippen molar-refractivity contribution in [3.63, 3.8) is 0 Å². The Morgan fingerprint density at radius 1 is 1.25 bits per heavy atom. The van der Waals surface area contributed by atoms with Crippen molar-refractivity contribution in [3.05, 3.63) is 18.2 Å². The Labute approximate surface area is 117 Å². The fraction of sp³-hybridized carbons (Fsp3) is 0.500. The van der Waals surface area contributed by atoms with Crippen molar-refractivity contribution >= 4 is 5.69 Å². The molecular weight excluding hydrogens is 254 g/mol. The smallest absolute Gasteiger partial charge is 0.188 e. The molecule has 0 atom stereocenters. The van der Waals surface area contributed by atoms with E-state index in [2.05, 4.69) is 15.5 Å². The van der Waals surface area contributed by atoms with Crippen molar-refractivity contribution < 1.29 is 4.74 Å². The van der Waals surface area contributed by atoms with Gasteiger partial charge in [0.05, 0.1) is 18.7 Å². The largest absolute Gasteiger partial charge is 0.496 e. The average molecular weight is 273 g/mol. The first-order chi connectivity index (χ1) is 9.81. The molecule has 0 bridgehead atoms. The highest BCUT2D eigenvalue weighted by Crippen LogP contribution is 2.36. The molecule has 2 N–H and O–H groups in total. The van der Waals surface area contributed by atoms with Crippen LogP contribution in [-0.2, 0) is 0 Å². The zero-order valence-electron chi connectivity index (χ0n) is 11.6. The van der Waals surface area contributed by atoms with Crippen molar-refractivity contribution in [2.24, 2.45) is 0 Å². The molecule has 0 spiro atoms. The molecule has 1 aliphatic rings. The Morgan fingerprint density at radius 2 is 2.05 bits per heavy atom. The number of benzene rings is 1. The van der Waals surface area contributed by atoms with Gasteiger partial charge in [-0.15, -0.1) is 5.10 Å². The molecule has 1 heterocycles. The Morgan fingerprint density at radius 3 is 2.80 bits per heavy atom. The molecule has 3 rings (SSSR count). The summed E-state index contributed by atoms with van der Waals surface area (Å²) in [5.74, 6) is 1.41. The minimum atomic E-state index is 0.359. The normalized spacial score (nSPS) is 16.2. The topological polar surface area (TPSA) is 78.8 Å². The number of nitrogen functional groups attached to an aromatic ring is 1. The molecule has 0 aliphatic heterocycles. The molecular formula is C14H19N5O. The summed E-state index contributed by atoms with van der Waals surface area (Å²) in [4.78, 5) is 0. The van der Waals surface area contributed by atoms with Crippen LogP contribution in [0.3, 0.4) is 0 Å². The first-order valence-electron chi connectivity index (χ1n) is 7.02. The molecule has 1 fully saturated rings. The number of hydrogen-bond acceptors (Lipinski definition) is 5. The van der Waals surface area contributed by atoms with Crippen molar-refractivity contribution in [2.45, 2.75) is 38.1 Å². The quantitative estimate of drug-likeness (QED) is 0.869. The van der Waals surface area contributed by atoms with Crippen LogP contribution in [0, 0.1) is 0 Å². The third-order valence-corrected chi connectivity index (χ3v) is 3.92. The van der Waals surface area contributed by atoms with Gasteiger partial charge in [-0.3, -0.25) is 0 Å². The summed E-state index contributed by atoms with van der Waals surface area (Å²) in [7, 11) is 1.63. The minimum Gasteiger partial charge on any atom is -0.496 e. The van der Waals surface area contributed by atoms with E-state index in [0.29, 0.717) is 23.3 Å². The van der Waals surface area contributed by atoms with E-state index in [1.54, 1.807) is 7.11 Å². The van der Waals surface area contributed by atoms with Crippen LogP contribution < -0.4 is 10.5 Å². The molecule has 106 valence electrons. The number of anilines is 1. The van der Waals surface area contributed by atoms with Gasteiger partial charge in [-0.25, -0.2) is 4.68 Å². The van der Waals surface area contributed by atoms with Gasteiger partial charge in [0, 0.05) is 5.69 Å². The Kier molecular flexibility index (Phi) is 3.54. The molecule has 6 nitrogen and oxygen atoms in total. The van der Waals surface area contributed by atoms with Gasteiger partial charge in [-0.05, 0) is 35.4 Å². The third-order valence-electron chi connectivity index (χ3n) is 3.92. The second-order valence-corrected chi connectivity index (χ2v) is 5.16. The number of rotatable bonds is 3. The average Bonchev–Trinajstić information content (AvgIpc) is 2.96.